The third kappa shape index (κ3) is 3.70. The van der Waals surface area contributed by atoms with E-state index in [1.807, 2.05) is 6.92 Å². The Kier molecular flexibility index (Phi) is 5.11. The maximum absolute atomic E-state index is 12.0. The van der Waals surface area contributed by atoms with Gasteiger partial charge in [-0.25, -0.2) is 4.79 Å². The minimum atomic E-state index is -0.501. The molecule has 1 aromatic heterocycles. The fraction of sp³-hybridized carbons (Fsp3) is 0.267. The summed E-state index contributed by atoms with van der Waals surface area (Å²) >= 11 is 6.11. The molecule has 0 spiro atoms. The van der Waals surface area contributed by atoms with Gasteiger partial charge in [0.15, 0.2) is 11.5 Å². The molecule has 0 unspecified atom stereocenters. The second-order valence-electron chi connectivity index (χ2n) is 4.13. The minimum Gasteiger partial charge on any atom is -0.493 e. The van der Waals surface area contributed by atoms with Crippen LogP contribution in [0.25, 0.3) is 0 Å². The van der Waals surface area contributed by atoms with Crippen LogP contribution in [0, 0.1) is 0 Å². The molecule has 2 rings (SSSR count). The van der Waals surface area contributed by atoms with Gasteiger partial charge < -0.3 is 18.6 Å². The molecule has 21 heavy (non-hydrogen) atoms. The highest BCUT2D eigenvalue weighted by molar-refractivity contribution is 6.32. The van der Waals surface area contributed by atoms with Gasteiger partial charge in [-0.1, -0.05) is 11.6 Å². The Bertz CT molecular complexity index is 607. The SMILES string of the molecule is CCOc1c(Cl)cc(C(=O)OCc2ccoc2)cc1OC. The number of furan rings is 1. The number of esters is 1. The van der Waals surface area contributed by atoms with E-state index in [4.69, 9.17) is 30.2 Å². The number of benzene rings is 1. The van der Waals surface area contributed by atoms with E-state index in [9.17, 15) is 4.79 Å². The largest absolute Gasteiger partial charge is 0.493 e. The average molecular weight is 311 g/mol. The monoisotopic (exact) mass is 310 g/mol. The highest BCUT2D eigenvalue weighted by atomic mass is 35.5. The van der Waals surface area contributed by atoms with Crippen LogP contribution in [-0.2, 0) is 11.3 Å². The zero-order valence-electron chi connectivity index (χ0n) is 11.7. The van der Waals surface area contributed by atoms with Gasteiger partial charge in [-0.05, 0) is 25.1 Å². The van der Waals surface area contributed by atoms with E-state index in [2.05, 4.69) is 0 Å². The first-order chi connectivity index (χ1) is 10.2. The predicted octanol–water partition coefficient (Wildman–Crippen LogP) is 3.70. The Balaban J connectivity index is 2.15. The van der Waals surface area contributed by atoms with Crippen LogP contribution in [0.1, 0.15) is 22.8 Å². The van der Waals surface area contributed by atoms with E-state index in [1.165, 1.54) is 31.8 Å². The third-order valence-electron chi connectivity index (χ3n) is 2.70. The van der Waals surface area contributed by atoms with Crippen LogP contribution in [0.15, 0.2) is 35.1 Å². The maximum atomic E-state index is 12.0. The Morgan fingerprint density at radius 3 is 2.81 bits per heavy atom. The third-order valence-corrected chi connectivity index (χ3v) is 2.98. The second-order valence-corrected chi connectivity index (χ2v) is 4.54. The van der Waals surface area contributed by atoms with Crippen LogP contribution >= 0.6 is 11.6 Å². The van der Waals surface area contributed by atoms with Crippen molar-refractivity contribution in [1.29, 1.82) is 0 Å². The number of ether oxygens (including phenoxy) is 3. The molecule has 0 aliphatic rings. The summed E-state index contributed by atoms with van der Waals surface area (Å²) in [6.45, 7) is 2.41. The van der Waals surface area contributed by atoms with Gasteiger partial charge in [0, 0.05) is 5.56 Å². The van der Waals surface area contributed by atoms with Crippen molar-refractivity contribution in [2.75, 3.05) is 13.7 Å². The lowest BCUT2D eigenvalue weighted by molar-refractivity contribution is 0.0471. The average Bonchev–Trinajstić information content (AvgIpc) is 3.00. The number of hydrogen-bond donors (Lipinski definition) is 0. The zero-order chi connectivity index (χ0) is 15.2. The molecule has 0 saturated heterocycles. The van der Waals surface area contributed by atoms with Gasteiger partial charge >= 0.3 is 5.97 Å². The first kappa shape index (κ1) is 15.3. The number of rotatable bonds is 6. The summed E-state index contributed by atoms with van der Waals surface area (Å²) < 4.78 is 20.7. The summed E-state index contributed by atoms with van der Waals surface area (Å²) in [5.41, 5.74) is 1.07. The van der Waals surface area contributed by atoms with Crippen molar-refractivity contribution in [3.8, 4) is 11.5 Å². The number of carbonyl (C=O) groups is 1. The minimum absolute atomic E-state index is 0.127. The quantitative estimate of drug-likeness (QED) is 0.761. The topological polar surface area (TPSA) is 57.9 Å². The molecule has 0 aliphatic carbocycles. The van der Waals surface area contributed by atoms with Crippen molar-refractivity contribution in [3.63, 3.8) is 0 Å². The molecule has 1 heterocycles. The molecule has 0 bridgehead atoms. The Labute approximate surface area is 127 Å². The van der Waals surface area contributed by atoms with Crippen molar-refractivity contribution in [2.24, 2.45) is 0 Å². The molecule has 112 valence electrons. The highest BCUT2D eigenvalue weighted by Crippen LogP contribution is 2.36. The molecular weight excluding hydrogens is 296 g/mol. The van der Waals surface area contributed by atoms with Gasteiger partial charge in [0.1, 0.15) is 6.61 Å². The molecule has 0 aliphatic heterocycles. The van der Waals surface area contributed by atoms with Gasteiger partial charge in [0.2, 0.25) is 0 Å². The van der Waals surface area contributed by atoms with Crippen LogP contribution in [0.4, 0.5) is 0 Å². The Morgan fingerprint density at radius 1 is 1.38 bits per heavy atom. The molecule has 0 radical (unpaired) electrons. The Hall–Kier alpha value is -2.14. The van der Waals surface area contributed by atoms with E-state index in [0.717, 1.165) is 5.56 Å². The van der Waals surface area contributed by atoms with Gasteiger partial charge in [-0.3, -0.25) is 0 Å². The predicted molar refractivity (Wildman–Crippen MR) is 77.0 cm³/mol. The van der Waals surface area contributed by atoms with Crippen LogP contribution < -0.4 is 9.47 Å². The van der Waals surface area contributed by atoms with E-state index < -0.39 is 5.97 Å². The first-order valence-corrected chi connectivity index (χ1v) is 6.72. The van der Waals surface area contributed by atoms with Crippen molar-refractivity contribution < 1.29 is 23.4 Å². The standard InChI is InChI=1S/C15H15ClO5/c1-3-20-14-12(16)6-11(7-13(14)18-2)15(17)21-9-10-4-5-19-8-10/h4-8H,3,9H2,1-2H3. The van der Waals surface area contributed by atoms with E-state index in [1.54, 1.807) is 6.07 Å². The molecule has 0 fully saturated rings. The van der Waals surface area contributed by atoms with Crippen LogP contribution in [0.3, 0.4) is 0 Å². The maximum Gasteiger partial charge on any atom is 0.338 e. The molecule has 0 amide bonds. The lowest BCUT2D eigenvalue weighted by atomic mass is 10.2. The smallest absolute Gasteiger partial charge is 0.338 e. The lowest BCUT2D eigenvalue weighted by Gasteiger charge is -2.12. The van der Waals surface area contributed by atoms with E-state index >= 15 is 0 Å². The Morgan fingerprint density at radius 2 is 2.19 bits per heavy atom. The number of carbonyl (C=O) groups excluding carboxylic acids is 1. The normalized spacial score (nSPS) is 10.2. The summed E-state index contributed by atoms with van der Waals surface area (Å²) in [7, 11) is 1.48. The molecule has 0 atom stereocenters. The fourth-order valence-electron chi connectivity index (χ4n) is 1.73. The van der Waals surface area contributed by atoms with Crippen molar-refractivity contribution in [2.45, 2.75) is 13.5 Å². The molecule has 1 aromatic carbocycles. The zero-order valence-corrected chi connectivity index (χ0v) is 12.5. The van der Waals surface area contributed by atoms with Gasteiger partial charge in [0.25, 0.3) is 0 Å². The molecule has 2 aromatic rings. The molecule has 0 N–H and O–H groups in total. The molecule has 5 nitrogen and oxygen atoms in total. The number of halogens is 1. The molecular formula is C15H15ClO5. The van der Waals surface area contributed by atoms with Crippen molar-refractivity contribution in [3.05, 3.63) is 46.9 Å². The molecule has 6 heteroatoms. The lowest BCUT2D eigenvalue weighted by Crippen LogP contribution is -2.06. The van der Waals surface area contributed by atoms with Crippen molar-refractivity contribution in [1.82, 2.24) is 0 Å². The van der Waals surface area contributed by atoms with E-state index in [-0.39, 0.29) is 6.61 Å². The summed E-state index contributed by atoms with van der Waals surface area (Å²) in [4.78, 5) is 12.0. The summed E-state index contributed by atoms with van der Waals surface area (Å²) in [6.07, 6.45) is 3.03. The van der Waals surface area contributed by atoms with Crippen LogP contribution in [-0.4, -0.2) is 19.7 Å². The summed E-state index contributed by atoms with van der Waals surface area (Å²) in [6, 6.07) is 4.75. The first-order valence-electron chi connectivity index (χ1n) is 6.34. The van der Waals surface area contributed by atoms with E-state index in [0.29, 0.717) is 28.7 Å². The van der Waals surface area contributed by atoms with Crippen LogP contribution in [0.5, 0.6) is 11.5 Å². The van der Waals surface area contributed by atoms with Gasteiger partial charge in [0.05, 0.1) is 36.8 Å². The fourth-order valence-corrected chi connectivity index (χ4v) is 1.99. The highest BCUT2D eigenvalue weighted by Gasteiger charge is 2.16. The van der Waals surface area contributed by atoms with Gasteiger partial charge in [-0.15, -0.1) is 0 Å². The summed E-state index contributed by atoms with van der Waals surface area (Å²) in [5, 5.41) is 0.298. The van der Waals surface area contributed by atoms with Gasteiger partial charge in [-0.2, -0.15) is 0 Å². The number of methoxy groups -OCH3 is 1. The van der Waals surface area contributed by atoms with Crippen molar-refractivity contribution >= 4 is 17.6 Å². The second kappa shape index (κ2) is 7.04. The number of hydrogen-bond acceptors (Lipinski definition) is 5. The van der Waals surface area contributed by atoms with Crippen LogP contribution in [0.2, 0.25) is 5.02 Å². The summed E-state index contributed by atoms with van der Waals surface area (Å²) in [5.74, 6) is 0.298. The molecule has 0 saturated carbocycles.